The van der Waals surface area contributed by atoms with Crippen LogP contribution in [0.3, 0.4) is 0 Å². The lowest BCUT2D eigenvalue weighted by Crippen LogP contribution is -2.17. The topological polar surface area (TPSA) is 135 Å². The van der Waals surface area contributed by atoms with Crippen LogP contribution < -0.4 is 10.6 Å². The predicted octanol–water partition coefficient (Wildman–Crippen LogP) is 5.59. The zero-order chi connectivity index (χ0) is 25.8. The molecule has 1 amide bonds. The van der Waals surface area contributed by atoms with E-state index >= 15 is 0 Å². The monoisotopic (exact) mass is 496 g/mol. The highest BCUT2D eigenvalue weighted by Crippen LogP contribution is 2.36. The number of carbonyl (C=O) groups is 1. The molecule has 0 radical (unpaired) electrons. The van der Waals surface area contributed by atoms with Gasteiger partial charge in [-0.2, -0.15) is 10.4 Å². The smallest absolute Gasteiger partial charge is 0.261 e. The molecule has 1 atom stereocenters. The molecule has 0 spiro atoms. The average Bonchev–Trinajstić information content (AvgIpc) is 3.66. The minimum absolute atomic E-state index is 0.0947. The average molecular weight is 497 g/mol. The maximum atomic E-state index is 12.6. The quantitative estimate of drug-likeness (QED) is 0.322. The third kappa shape index (κ3) is 5.35. The van der Waals surface area contributed by atoms with Crippen molar-refractivity contribution in [1.82, 2.24) is 24.9 Å². The molecule has 3 heterocycles. The van der Waals surface area contributed by atoms with E-state index in [0.29, 0.717) is 41.0 Å². The molecule has 1 aromatic carbocycles. The standard InChI is InChI=1S/C27H28N8O2/c1-17-25(18(2)37-34-17)26(36)31-21-7-9-22(10-8-21)32-27-29-14-12-23(33-27)20-15-30-35(16-20)24(11-13-28)19-5-3-4-6-19/h7-10,12,14-16,19,24H,3-6,11H2,1-2H3,(H,31,36)(H,29,32,33). The fourth-order valence-corrected chi connectivity index (χ4v) is 4.91. The number of hydrogen-bond donors (Lipinski definition) is 2. The second kappa shape index (κ2) is 10.6. The number of rotatable bonds is 8. The Labute approximate surface area is 214 Å². The minimum atomic E-state index is -0.265. The van der Waals surface area contributed by atoms with Crippen molar-refractivity contribution in [2.24, 2.45) is 5.92 Å². The first-order valence-corrected chi connectivity index (χ1v) is 12.4. The molecule has 5 rings (SSSR count). The molecule has 4 aromatic rings. The lowest BCUT2D eigenvalue weighted by Gasteiger charge is -2.21. The Morgan fingerprint density at radius 1 is 1.19 bits per heavy atom. The van der Waals surface area contributed by atoms with Gasteiger partial charge in [0.25, 0.3) is 5.91 Å². The van der Waals surface area contributed by atoms with Gasteiger partial charge >= 0.3 is 0 Å². The van der Waals surface area contributed by atoms with E-state index < -0.39 is 0 Å². The van der Waals surface area contributed by atoms with Crippen molar-refractivity contribution in [2.45, 2.75) is 52.0 Å². The van der Waals surface area contributed by atoms with Crippen molar-refractivity contribution in [3.63, 3.8) is 0 Å². The van der Waals surface area contributed by atoms with Crippen LogP contribution in [-0.4, -0.2) is 30.8 Å². The number of amides is 1. The van der Waals surface area contributed by atoms with Gasteiger partial charge in [-0.3, -0.25) is 9.48 Å². The van der Waals surface area contributed by atoms with E-state index in [1.165, 1.54) is 12.8 Å². The number of aromatic nitrogens is 5. The van der Waals surface area contributed by atoms with Crippen LogP contribution in [0.4, 0.5) is 17.3 Å². The van der Waals surface area contributed by atoms with Crippen LogP contribution in [-0.2, 0) is 0 Å². The highest BCUT2D eigenvalue weighted by atomic mass is 16.5. The van der Waals surface area contributed by atoms with Crippen molar-refractivity contribution in [3.8, 4) is 17.3 Å². The second-order valence-corrected chi connectivity index (χ2v) is 9.30. The number of aryl methyl sites for hydroxylation is 2. The van der Waals surface area contributed by atoms with Crippen molar-refractivity contribution in [1.29, 1.82) is 5.26 Å². The Hall–Kier alpha value is -4.52. The van der Waals surface area contributed by atoms with Crippen LogP contribution in [0.25, 0.3) is 11.3 Å². The number of anilines is 3. The molecule has 188 valence electrons. The summed E-state index contributed by atoms with van der Waals surface area (Å²) < 4.78 is 7.01. The Morgan fingerprint density at radius 3 is 2.65 bits per heavy atom. The number of nitrogens with one attached hydrogen (secondary N) is 2. The summed E-state index contributed by atoms with van der Waals surface area (Å²) in [6.45, 7) is 3.44. The normalized spacial score (nSPS) is 14.3. The molecule has 2 N–H and O–H groups in total. The number of carbonyl (C=O) groups excluding carboxylic acids is 1. The van der Waals surface area contributed by atoms with Crippen LogP contribution in [0.1, 0.15) is 60.0 Å². The maximum absolute atomic E-state index is 12.6. The van der Waals surface area contributed by atoms with Gasteiger partial charge < -0.3 is 15.2 Å². The second-order valence-electron chi connectivity index (χ2n) is 9.30. The predicted molar refractivity (Wildman–Crippen MR) is 138 cm³/mol. The third-order valence-corrected chi connectivity index (χ3v) is 6.80. The van der Waals surface area contributed by atoms with E-state index in [1.54, 1.807) is 38.4 Å². The summed E-state index contributed by atoms with van der Waals surface area (Å²) in [5.74, 6) is 1.16. The van der Waals surface area contributed by atoms with Gasteiger partial charge in [0, 0.05) is 29.3 Å². The lowest BCUT2D eigenvalue weighted by molar-refractivity contribution is 0.102. The summed E-state index contributed by atoms with van der Waals surface area (Å²) in [7, 11) is 0. The van der Waals surface area contributed by atoms with Gasteiger partial charge in [0.2, 0.25) is 5.95 Å². The van der Waals surface area contributed by atoms with E-state index in [-0.39, 0.29) is 11.9 Å². The highest BCUT2D eigenvalue weighted by molar-refractivity contribution is 6.05. The molecule has 1 fully saturated rings. The molecule has 1 aliphatic carbocycles. The summed E-state index contributed by atoms with van der Waals surface area (Å²) in [6, 6.07) is 11.5. The largest absolute Gasteiger partial charge is 0.361 e. The third-order valence-electron chi connectivity index (χ3n) is 6.80. The maximum Gasteiger partial charge on any atom is 0.261 e. The van der Waals surface area contributed by atoms with Gasteiger partial charge in [-0.1, -0.05) is 18.0 Å². The minimum Gasteiger partial charge on any atom is -0.361 e. The van der Waals surface area contributed by atoms with Gasteiger partial charge in [-0.15, -0.1) is 0 Å². The Morgan fingerprint density at radius 2 is 1.95 bits per heavy atom. The Bertz CT molecular complexity index is 1410. The van der Waals surface area contributed by atoms with Gasteiger partial charge in [0.05, 0.1) is 36.1 Å². The number of benzene rings is 1. The zero-order valence-electron chi connectivity index (χ0n) is 20.8. The van der Waals surface area contributed by atoms with E-state index in [9.17, 15) is 10.1 Å². The number of nitrogens with zero attached hydrogens (tertiary/aromatic N) is 6. The molecule has 0 bridgehead atoms. The molecule has 3 aromatic heterocycles. The Balaban J connectivity index is 1.26. The molecule has 10 heteroatoms. The van der Waals surface area contributed by atoms with Crippen molar-refractivity contribution < 1.29 is 9.32 Å². The molecule has 1 aliphatic rings. The molecule has 1 saturated carbocycles. The van der Waals surface area contributed by atoms with Crippen LogP contribution in [0.15, 0.2) is 53.4 Å². The molecule has 0 aliphatic heterocycles. The van der Waals surface area contributed by atoms with Gasteiger partial charge in [-0.05, 0) is 62.9 Å². The summed E-state index contributed by atoms with van der Waals surface area (Å²) in [5.41, 5.74) is 4.04. The van der Waals surface area contributed by atoms with Gasteiger partial charge in [0.1, 0.15) is 11.3 Å². The Kier molecular flexibility index (Phi) is 6.94. The number of nitriles is 1. The highest BCUT2D eigenvalue weighted by Gasteiger charge is 2.27. The fraction of sp³-hybridized carbons (Fsp3) is 0.333. The van der Waals surface area contributed by atoms with Crippen molar-refractivity contribution in [3.05, 3.63) is 65.9 Å². The zero-order valence-corrected chi connectivity index (χ0v) is 20.8. The van der Waals surface area contributed by atoms with Crippen LogP contribution in [0.5, 0.6) is 0 Å². The van der Waals surface area contributed by atoms with E-state index in [4.69, 9.17) is 4.52 Å². The van der Waals surface area contributed by atoms with E-state index in [2.05, 4.69) is 36.9 Å². The summed E-state index contributed by atoms with van der Waals surface area (Å²) in [4.78, 5) is 21.5. The van der Waals surface area contributed by atoms with Crippen molar-refractivity contribution in [2.75, 3.05) is 10.6 Å². The van der Waals surface area contributed by atoms with Gasteiger partial charge in [0.15, 0.2) is 0 Å². The summed E-state index contributed by atoms with van der Waals surface area (Å²) in [6.07, 6.45) is 10.6. The van der Waals surface area contributed by atoms with Gasteiger partial charge in [-0.25, -0.2) is 9.97 Å². The van der Waals surface area contributed by atoms with Crippen LogP contribution in [0.2, 0.25) is 0 Å². The first-order valence-electron chi connectivity index (χ1n) is 12.4. The molecule has 1 unspecified atom stereocenters. The van der Waals surface area contributed by atoms with Crippen molar-refractivity contribution >= 4 is 23.2 Å². The lowest BCUT2D eigenvalue weighted by atomic mass is 9.96. The SMILES string of the molecule is Cc1noc(C)c1C(=O)Nc1ccc(Nc2nccc(-c3cnn(C(CC#N)C4CCCC4)c3)n2)cc1. The summed E-state index contributed by atoms with van der Waals surface area (Å²) in [5, 5.41) is 23.8. The van der Waals surface area contributed by atoms with E-state index in [1.807, 2.05) is 29.1 Å². The molecule has 0 saturated heterocycles. The molecule has 10 nitrogen and oxygen atoms in total. The molecule has 37 heavy (non-hydrogen) atoms. The first-order chi connectivity index (χ1) is 18.0. The molecular formula is C27H28N8O2. The van der Waals surface area contributed by atoms with Crippen LogP contribution in [0, 0.1) is 31.1 Å². The van der Waals surface area contributed by atoms with E-state index in [0.717, 1.165) is 29.8 Å². The summed E-state index contributed by atoms with van der Waals surface area (Å²) >= 11 is 0. The van der Waals surface area contributed by atoms with Crippen LogP contribution >= 0.6 is 0 Å². The first kappa shape index (κ1) is 24.2. The fourth-order valence-electron chi connectivity index (χ4n) is 4.91. The molecular weight excluding hydrogens is 468 g/mol. The number of hydrogen-bond acceptors (Lipinski definition) is 8.